The van der Waals surface area contributed by atoms with Crippen LogP contribution in [0, 0.1) is 0 Å². The Labute approximate surface area is 280 Å². The maximum Gasteiger partial charge on any atom is 0.337 e. The molecule has 0 saturated heterocycles. The second-order valence-corrected chi connectivity index (χ2v) is 10.4. The minimum Gasteiger partial charge on any atom is -0.478 e. The van der Waals surface area contributed by atoms with E-state index in [9.17, 15) is 89.1 Å². The SMILES string of the molecule is O=C(O)c1cc(C(=O)O)c(C(=O)O)c(-c2cc(-c3cc(C(=O)O)cc(C(=O)O)c3C(=O)O)cc(-c3cc(C(=O)O)cc(C(=O)O)c3C(=O)O)c2)c1. The van der Waals surface area contributed by atoms with Gasteiger partial charge in [0, 0.05) is 0 Å². The van der Waals surface area contributed by atoms with Crippen LogP contribution in [0.2, 0.25) is 0 Å². The third-order valence-corrected chi connectivity index (χ3v) is 7.35. The molecule has 0 amide bonds. The van der Waals surface area contributed by atoms with Crippen molar-refractivity contribution in [1.29, 1.82) is 0 Å². The van der Waals surface area contributed by atoms with Crippen LogP contribution in [-0.2, 0) is 0 Å². The molecule has 4 aromatic rings. The predicted molar refractivity (Wildman–Crippen MR) is 165 cm³/mol. The second kappa shape index (κ2) is 13.3. The lowest BCUT2D eigenvalue weighted by Gasteiger charge is -2.18. The zero-order valence-corrected chi connectivity index (χ0v) is 24.9. The first-order valence-electron chi connectivity index (χ1n) is 13.5. The molecule has 0 radical (unpaired) electrons. The maximum atomic E-state index is 12.4. The van der Waals surface area contributed by atoms with E-state index in [2.05, 4.69) is 0 Å². The first-order chi connectivity index (χ1) is 23.7. The van der Waals surface area contributed by atoms with Crippen molar-refractivity contribution in [1.82, 2.24) is 0 Å². The molecule has 0 saturated carbocycles. The molecule has 4 aromatic carbocycles. The molecule has 18 heteroatoms. The van der Waals surface area contributed by atoms with Crippen LogP contribution in [0.3, 0.4) is 0 Å². The van der Waals surface area contributed by atoms with Gasteiger partial charge in [0.1, 0.15) is 0 Å². The third-order valence-electron chi connectivity index (χ3n) is 7.35. The molecule has 0 aliphatic carbocycles. The molecule has 0 aliphatic heterocycles. The Bertz CT molecular complexity index is 2050. The van der Waals surface area contributed by atoms with Crippen molar-refractivity contribution in [3.05, 3.63) is 105 Å². The van der Waals surface area contributed by atoms with Crippen molar-refractivity contribution < 1.29 is 89.1 Å². The van der Waals surface area contributed by atoms with E-state index in [1.54, 1.807) is 0 Å². The molecule has 9 N–H and O–H groups in total. The molecule has 0 bridgehead atoms. The summed E-state index contributed by atoms with van der Waals surface area (Å²) in [7, 11) is 0. The Morgan fingerprint density at radius 2 is 0.490 bits per heavy atom. The van der Waals surface area contributed by atoms with Crippen molar-refractivity contribution in [2.24, 2.45) is 0 Å². The van der Waals surface area contributed by atoms with Crippen LogP contribution in [0.25, 0.3) is 33.4 Å². The zero-order valence-electron chi connectivity index (χ0n) is 24.9. The lowest BCUT2D eigenvalue weighted by Crippen LogP contribution is -2.14. The molecule has 0 aromatic heterocycles. The van der Waals surface area contributed by atoms with Crippen LogP contribution in [-0.4, -0.2) is 99.7 Å². The number of carboxylic acid groups (broad SMARTS) is 9. The van der Waals surface area contributed by atoms with E-state index in [0.717, 1.165) is 18.2 Å². The molecule has 0 aliphatic rings. The molecular formula is C33H18O18. The van der Waals surface area contributed by atoms with E-state index >= 15 is 0 Å². The van der Waals surface area contributed by atoms with Gasteiger partial charge in [0.15, 0.2) is 0 Å². The van der Waals surface area contributed by atoms with Gasteiger partial charge in [-0.15, -0.1) is 0 Å². The number of hydrogen-bond donors (Lipinski definition) is 9. The molecule has 18 nitrogen and oxygen atoms in total. The largest absolute Gasteiger partial charge is 0.478 e. The standard InChI is InChI=1S/C33H18O18/c34-25(35)13-4-16(22(31(46)47)19(7-13)28(40)41)10-1-11(17-5-14(26(36)37)8-20(29(42)43)23(17)32(48)49)3-12(2-10)18-6-15(27(38)39)9-21(30(44)45)24(18)33(50)51/h1-9H,(H,34,35)(H,36,37)(H,38,39)(H,40,41)(H,42,43)(H,44,45)(H,46,47)(H,48,49)(H,50,51). The first kappa shape index (κ1) is 36.0. The fraction of sp³-hybridized carbons (Fsp3) is 0. The van der Waals surface area contributed by atoms with Crippen LogP contribution in [0.1, 0.15) is 93.2 Å². The average molecular weight is 702 g/mol. The summed E-state index contributed by atoms with van der Waals surface area (Å²) >= 11 is 0. The number of hydrogen-bond acceptors (Lipinski definition) is 9. The van der Waals surface area contributed by atoms with Gasteiger partial charge < -0.3 is 46.0 Å². The van der Waals surface area contributed by atoms with Gasteiger partial charge in [-0.1, -0.05) is 0 Å². The van der Waals surface area contributed by atoms with Gasteiger partial charge in [-0.25, -0.2) is 43.2 Å². The van der Waals surface area contributed by atoms with Crippen LogP contribution < -0.4 is 0 Å². The number of rotatable bonds is 12. The fourth-order valence-corrected chi connectivity index (χ4v) is 5.27. The molecule has 0 heterocycles. The second-order valence-electron chi connectivity index (χ2n) is 10.4. The van der Waals surface area contributed by atoms with Crippen LogP contribution >= 0.6 is 0 Å². The van der Waals surface area contributed by atoms with E-state index in [-0.39, 0.29) is 0 Å². The fourth-order valence-electron chi connectivity index (χ4n) is 5.27. The molecule has 258 valence electrons. The van der Waals surface area contributed by atoms with Gasteiger partial charge in [-0.05, 0) is 88.0 Å². The van der Waals surface area contributed by atoms with Crippen molar-refractivity contribution in [2.45, 2.75) is 0 Å². The summed E-state index contributed by atoms with van der Waals surface area (Å²) in [6, 6.07) is 6.22. The van der Waals surface area contributed by atoms with E-state index in [0.29, 0.717) is 36.4 Å². The lowest BCUT2D eigenvalue weighted by molar-refractivity contribution is 0.0649. The summed E-state index contributed by atoms with van der Waals surface area (Å²) in [5, 5.41) is 88.6. The molecule has 0 spiro atoms. The molecular weight excluding hydrogens is 684 g/mol. The molecule has 0 atom stereocenters. The summed E-state index contributed by atoms with van der Waals surface area (Å²) in [5.41, 5.74) is -12.5. The summed E-state index contributed by atoms with van der Waals surface area (Å²) < 4.78 is 0. The van der Waals surface area contributed by atoms with E-state index in [4.69, 9.17) is 0 Å². The van der Waals surface area contributed by atoms with E-state index < -0.39 is 137 Å². The van der Waals surface area contributed by atoms with Crippen molar-refractivity contribution in [3.63, 3.8) is 0 Å². The zero-order chi connectivity index (χ0) is 38.2. The summed E-state index contributed by atoms with van der Waals surface area (Å²) in [5.74, 6) is -16.8. The average Bonchev–Trinajstić information content (AvgIpc) is 3.05. The van der Waals surface area contributed by atoms with E-state index in [1.807, 2.05) is 0 Å². The van der Waals surface area contributed by atoms with Crippen LogP contribution in [0.5, 0.6) is 0 Å². The van der Waals surface area contributed by atoms with E-state index in [1.165, 1.54) is 0 Å². The van der Waals surface area contributed by atoms with Crippen molar-refractivity contribution >= 4 is 53.7 Å². The minimum atomic E-state index is -1.94. The van der Waals surface area contributed by atoms with Gasteiger partial charge in [-0.3, -0.25) is 0 Å². The van der Waals surface area contributed by atoms with Gasteiger partial charge >= 0.3 is 53.7 Å². The molecule has 51 heavy (non-hydrogen) atoms. The normalized spacial score (nSPS) is 10.6. The number of carboxylic acids is 9. The molecule has 0 fully saturated rings. The highest BCUT2D eigenvalue weighted by atomic mass is 16.4. The number of aromatic carboxylic acids is 9. The molecule has 4 rings (SSSR count). The Morgan fingerprint density at radius 1 is 0.275 bits per heavy atom. The Hall–Kier alpha value is -7.89. The van der Waals surface area contributed by atoms with Gasteiger partial charge in [0.2, 0.25) is 0 Å². The summed E-state index contributed by atoms with van der Waals surface area (Å²) in [6.45, 7) is 0. The summed E-state index contributed by atoms with van der Waals surface area (Å²) in [6.07, 6.45) is 0. The summed E-state index contributed by atoms with van der Waals surface area (Å²) in [4.78, 5) is 110. The topological polar surface area (TPSA) is 336 Å². The Balaban J connectivity index is 2.38. The van der Waals surface area contributed by atoms with Gasteiger partial charge in [0.05, 0.1) is 50.1 Å². The van der Waals surface area contributed by atoms with Gasteiger partial charge in [0.25, 0.3) is 0 Å². The highest BCUT2D eigenvalue weighted by molar-refractivity contribution is 6.13. The Morgan fingerprint density at radius 3 is 0.647 bits per heavy atom. The van der Waals surface area contributed by atoms with Crippen LogP contribution in [0.4, 0.5) is 0 Å². The quantitative estimate of drug-likeness (QED) is 0.101. The highest BCUT2D eigenvalue weighted by Gasteiger charge is 2.30. The maximum absolute atomic E-state index is 12.4. The van der Waals surface area contributed by atoms with Crippen molar-refractivity contribution in [2.75, 3.05) is 0 Å². The van der Waals surface area contributed by atoms with Crippen LogP contribution in [0.15, 0.2) is 54.6 Å². The van der Waals surface area contributed by atoms with Gasteiger partial charge in [-0.2, -0.15) is 0 Å². The third kappa shape index (κ3) is 6.76. The minimum absolute atomic E-state index is 0.512. The molecule has 0 unspecified atom stereocenters. The first-order valence-corrected chi connectivity index (χ1v) is 13.5. The van der Waals surface area contributed by atoms with Crippen molar-refractivity contribution in [3.8, 4) is 33.4 Å². The number of carbonyl (C=O) groups is 9. The Kier molecular flexibility index (Phi) is 9.39. The smallest absolute Gasteiger partial charge is 0.337 e. The predicted octanol–water partition coefficient (Wildman–Crippen LogP) is 3.97. The lowest BCUT2D eigenvalue weighted by atomic mass is 9.85. The highest BCUT2D eigenvalue weighted by Crippen LogP contribution is 2.40. The monoisotopic (exact) mass is 702 g/mol. The number of benzene rings is 4.